The van der Waals surface area contributed by atoms with Gasteiger partial charge in [-0.2, -0.15) is 9.97 Å². The van der Waals surface area contributed by atoms with Gasteiger partial charge in [0.15, 0.2) is 17.2 Å². The van der Waals surface area contributed by atoms with Crippen LogP contribution in [0.25, 0.3) is 11.2 Å². The topological polar surface area (TPSA) is 233 Å². The fraction of sp³-hybridized carbons (Fsp3) is 0.652. The van der Waals surface area contributed by atoms with Gasteiger partial charge in [-0.15, -0.1) is 0 Å². The average molecular weight is 896 g/mol. The lowest BCUT2D eigenvalue weighted by Gasteiger charge is -2.29. The summed E-state index contributed by atoms with van der Waals surface area (Å²) >= 11 is 0. The Hall–Kier alpha value is -5.68. The zero-order chi connectivity index (χ0) is 47.7. The standard InChI is InChI=1S/C46H73N9O9/c1-11-12-25-49-40-51-38(47)37-39(52-40)55(41(59)50-37)31-32-19-21-33(22-20-32)34(56)23-24-35(57)48-26-17-30-54(43(61)64-46(8,9)10)29-16-15-28-53(42(60)63-45(5,6)7)27-14-13-18-36(58)62-44(2,3)4/h19-22H,11-18,23-31H2,1-10H3,(H,48,57)(H,50,59)(H3,47,49,51,52). The number of nitrogens with one attached hydrogen (secondary N) is 3. The molecule has 0 bridgehead atoms. The van der Waals surface area contributed by atoms with Crippen molar-refractivity contribution in [3.05, 3.63) is 45.9 Å². The molecule has 1 aromatic carbocycles. The summed E-state index contributed by atoms with van der Waals surface area (Å²) in [6, 6.07) is 6.86. The summed E-state index contributed by atoms with van der Waals surface area (Å²) in [6.07, 6.45) is 4.05. The number of hydrogen-bond donors (Lipinski definition) is 4. The number of Topliss-reactive ketones (excluding diaryl/α,β-unsaturated/α-hetero) is 1. The van der Waals surface area contributed by atoms with Gasteiger partial charge in [-0.1, -0.05) is 37.6 Å². The van der Waals surface area contributed by atoms with Crippen molar-refractivity contribution in [1.82, 2.24) is 34.6 Å². The van der Waals surface area contributed by atoms with Crippen LogP contribution in [0.3, 0.4) is 0 Å². The minimum Gasteiger partial charge on any atom is -0.460 e. The van der Waals surface area contributed by atoms with Crippen molar-refractivity contribution >= 4 is 52.8 Å². The highest BCUT2D eigenvalue weighted by Crippen LogP contribution is 2.19. The van der Waals surface area contributed by atoms with Crippen molar-refractivity contribution in [2.24, 2.45) is 0 Å². The molecule has 0 saturated heterocycles. The number of benzene rings is 1. The Morgan fingerprint density at radius 3 is 1.80 bits per heavy atom. The number of H-pyrrole nitrogens is 1. The highest BCUT2D eigenvalue weighted by molar-refractivity contribution is 5.98. The lowest BCUT2D eigenvalue weighted by atomic mass is 10.0. The van der Waals surface area contributed by atoms with E-state index in [9.17, 15) is 28.8 Å². The second kappa shape index (κ2) is 24.4. The Balaban J connectivity index is 1.48. The van der Waals surface area contributed by atoms with E-state index in [0.29, 0.717) is 87.5 Å². The van der Waals surface area contributed by atoms with Crippen LogP contribution in [0, 0.1) is 0 Å². The number of nitrogens with zero attached hydrogens (tertiary/aromatic N) is 5. The van der Waals surface area contributed by atoms with Gasteiger partial charge >= 0.3 is 23.8 Å². The summed E-state index contributed by atoms with van der Waals surface area (Å²) in [5.41, 5.74) is 5.73. The number of carbonyl (C=O) groups excluding carboxylic acids is 5. The van der Waals surface area contributed by atoms with Gasteiger partial charge in [-0.05, 0) is 106 Å². The fourth-order valence-corrected chi connectivity index (χ4v) is 6.40. The van der Waals surface area contributed by atoms with Gasteiger partial charge < -0.3 is 45.4 Å². The summed E-state index contributed by atoms with van der Waals surface area (Å²) in [4.78, 5) is 91.7. The number of unbranched alkanes of at least 4 members (excludes halogenated alkanes) is 3. The Morgan fingerprint density at radius 1 is 0.703 bits per heavy atom. The van der Waals surface area contributed by atoms with Crippen molar-refractivity contribution in [1.29, 1.82) is 0 Å². The van der Waals surface area contributed by atoms with Gasteiger partial charge in [-0.3, -0.25) is 19.0 Å². The summed E-state index contributed by atoms with van der Waals surface area (Å²) in [5.74, 6) is -0.250. The Morgan fingerprint density at radius 2 is 1.25 bits per heavy atom. The number of fused-ring (bicyclic) bond motifs is 1. The van der Waals surface area contributed by atoms with E-state index in [-0.39, 0.29) is 61.5 Å². The predicted octanol–water partition coefficient (Wildman–Crippen LogP) is 7.20. The highest BCUT2D eigenvalue weighted by Gasteiger charge is 2.25. The number of aromatic nitrogens is 4. The molecule has 18 heteroatoms. The molecule has 0 aliphatic rings. The third kappa shape index (κ3) is 19.4. The molecule has 3 rings (SSSR count). The summed E-state index contributed by atoms with van der Waals surface area (Å²) in [5, 5.41) is 5.99. The molecule has 0 aliphatic carbocycles. The molecule has 2 aromatic heterocycles. The molecule has 356 valence electrons. The van der Waals surface area contributed by atoms with Gasteiger partial charge in [-0.25, -0.2) is 14.4 Å². The van der Waals surface area contributed by atoms with Gasteiger partial charge in [0, 0.05) is 64.1 Å². The quantitative estimate of drug-likeness (QED) is 0.0302. The van der Waals surface area contributed by atoms with Crippen LogP contribution < -0.4 is 22.1 Å². The number of rotatable bonds is 24. The molecule has 2 heterocycles. The summed E-state index contributed by atoms with van der Waals surface area (Å²) in [6.45, 7) is 21.0. The van der Waals surface area contributed by atoms with E-state index in [4.69, 9.17) is 19.9 Å². The number of amides is 3. The maximum Gasteiger partial charge on any atom is 0.410 e. The van der Waals surface area contributed by atoms with Crippen LogP contribution in [0.4, 0.5) is 21.4 Å². The minimum atomic E-state index is -0.708. The molecule has 0 fully saturated rings. The Kier molecular flexibility index (Phi) is 20.1. The van der Waals surface area contributed by atoms with Crippen LogP contribution in [0.2, 0.25) is 0 Å². The average Bonchev–Trinajstić information content (AvgIpc) is 3.49. The van der Waals surface area contributed by atoms with Crippen LogP contribution in [0.15, 0.2) is 29.1 Å². The lowest BCUT2D eigenvalue weighted by Crippen LogP contribution is -2.40. The van der Waals surface area contributed by atoms with Crippen LogP contribution in [0.5, 0.6) is 0 Å². The largest absolute Gasteiger partial charge is 0.460 e. The number of ketones is 1. The molecule has 18 nitrogen and oxygen atoms in total. The number of esters is 1. The Bertz CT molecular complexity index is 2060. The van der Waals surface area contributed by atoms with Gasteiger partial charge in [0.2, 0.25) is 11.9 Å². The van der Waals surface area contributed by atoms with Crippen molar-refractivity contribution < 1.29 is 38.2 Å². The fourth-order valence-electron chi connectivity index (χ4n) is 6.40. The van der Waals surface area contributed by atoms with Crippen LogP contribution >= 0.6 is 0 Å². The van der Waals surface area contributed by atoms with E-state index in [1.165, 1.54) is 4.57 Å². The number of ether oxygens (including phenoxy) is 3. The van der Waals surface area contributed by atoms with Crippen molar-refractivity contribution in [2.75, 3.05) is 50.3 Å². The maximum atomic E-state index is 13.2. The second-order valence-corrected chi connectivity index (χ2v) is 18.9. The van der Waals surface area contributed by atoms with Crippen LogP contribution in [-0.4, -0.2) is 115 Å². The summed E-state index contributed by atoms with van der Waals surface area (Å²) in [7, 11) is 0. The third-order valence-electron chi connectivity index (χ3n) is 9.48. The molecule has 0 aliphatic heterocycles. The maximum absolute atomic E-state index is 13.2. The van der Waals surface area contributed by atoms with Crippen molar-refractivity contribution in [2.45, 2.75) is 157 Å². The third-order valence-corrected chi connectivity index (χ3v) is 9.48. The SMILES string of the molecule is CCCCNc1nc(N)c2[nH]c(=O)n(Cc3ccc(C(=O)CCC(=O)NCCCN(CCCCN(CCCCC(=O)OC(C)(C)C)C(=O)OC(C)(C)C)C(=O)OC(C)(C)C)cc3)c2n1. The molecule has 0 radical (unpaired) electrons. The number of anilines is 2. The van der Waals surface area contributed by atoms with Crippen LogP contribution in [0.1, 0.15) is 149 Å². The molecule has 0 atom stereocenters. The van der Waals surface area contributed by atoms with Crippen molar-refractivity contribution in [3.63, 3.8) is 0 Å². The molecule has 5 N–H and O–H groups in total. The van der Waals surface area contributed by atoms with E-state index < -0.39 is 29.0 Å². The van der Waals surface area contributed by atoms with E-state index in [0.717, 1.165) is 18.4 Å². The lowest BCUT2D eigenvalue weighted by molar-refractivity contribution is -0.154. The van der Waals surface area contributed by atoms with Crippen molar-refractivity contribution in [3.8, 4) is 0 Å². The zero-order valence-corrected chi connectivity index (χ0v) is 39.8. The van der Waals surface area contributed by atoms with Gasteiger partial charge in [0.25, 0.3) is 0 Å². The molecule has 0 saturated carbocycles. The molecular weight excluding hydrogens is 823 g/mol. The number of aromatic amines is 1. The molecule has 0 unspecified atom stereocenters. The first kappa shape index (κ1) is 52.7. The normalized spacial score (nSPS) is 11.8. The number of nitrogens with two attached hydrogens (primary N) is 1. The number of carbonyl (C=O) groups is 5. The molecule has 3 aromatic rings. The smallest absolute Gasteiger partial charge is 0.410 e. The first-order chi connectivity index (χ1) is 29.9. The first-order valence-electron chi connectivity index (χ1n) is 22.5. The molecule has 64 heavy (non-hydrogen) atoms. The van der Waals surface area contributed by atoms with E-state index >= 15 is 0 Å². The molecular formula is C46H73N9O9. The number of imidazole rings is 1. The predicted molar refractivity (Wildman–Crippen MR) is 247 cm³/mol. The molecule has 0 spiro atoms. The van der Waals surface area contributed by atoms with E-state index in [2.05, 4.69) is 32.5 Å². The van der Waals surface area contributed by atoms with Gasteiger partial charge in [0.1, 0.15) is 22.3 Å². The zero-order valence-electron chi connectivity index (χ0n) is 39.8. The Labute approximate surface area is 377 Å². The van der Waals surface area contributed by atoms with Gasteiger partial charge in [0.05, 0.1) is 6.54 Å². The highest BCUT2D eigenvalue weighted by atomic mass is 16.6. The second-order valence-electron chi connectivity index (χ2n) is 18.9. The summed E-state index contributed by atoms with van der Waals surface area (Å²) < 4.78 is 18.2. The molecule has 3 amide bonds. The first-order valence-corrected chi connectivity index (χ1v) is 22.5. The van der Waals surface area contributed by atoms with Crippen LogP contribution in [-0.2, 0) is 30.3 Å². The van der Waals surface area contributed by atoms with E-state index in [1.807, 2.05) is 41.5 Å². The number of hydrogen-bond acceptors (Lipinski definition) is 13. The van der Waals surface area contributed by atoms with E-state index in [1.54, 1.807) is 54.8 Å². The minimum absolute atomic E-state index is 0.00514. The monoisotopic (exact) mass is 896 g/mol. The number of nitrogen functional groups attached to an aromatic ring is 1.